The number of hydrazone groups is 1. The van der Waals surface area contributed by atoms with Gasteiger partial charge < -0.3 is 9.47 Å². The predicted octanol–water partition coefficient (Wildman–Crippen LogP) is 2.78. The van der Waals surface area contributed by atoms with E-state index in [1.54, 1.807) is 13.3 Å². The molecular formula is C23H27N3O3. The second-order valence-corrected chi connectivity index (χ2v) is 7.55. The second kappa shape index (κ2) is 9.20. The summed E-state index contributed by atoms with van der Waals surface area (Å²) in [6, 6.07) is 16.1. The van der Waals surface area contributed by atoms with E-state index in [0.717, 1.165) is 56.1 Å². The first-order chi connectivity index (χ1) is 14.2. The maximum Gasteiger partial charge on any atom is 0.243 e. The summed E-state index contributed by atoms with van der Waals surface area (Å²) in [5, 5.41) is 4.18. The van der Waals surface area contributed by atoms with Crippen LogP contribution in [0.5, 0.6) is 5.75 Å². The zero-order chi connectivity index (χ0) is 20.1. The summed E-state index contributed by atoms with van der Waals surface area (Å²) in [7, 11) is 1.69. The molecule has 152 valence electrons. The lowest BCUT2D eigenvalue weighted by molar-refractivity contribution is -0.122. The lowest BCUT2D eigenvalue weighted by Gasteiger charge is -2.27. The molecule has 0 radical (unpaired) electrons. The van der Waals surface area contributed by atoms with Crippen molar-refractivity contribution in [2.45, 2.75) is 18.9 Å². The van der Waals surface area contributed by atoms with Gasteiger partial charge in [0.05, 0.1) is 26.5 Å². The van der Waals surface area contributed by atoms with Gasteiger partial charge in [-0.15, -0.1) is 0 Å². The average molecular weight is 393 g/mol. The fourth-order valence-electron chi connectivity index (χ4n) is 3.81. The van der Waals surface area contributed by atoms with E-state index in [-0.39, 0.29) is 11.8 Å². The molecule has 2 aromatic rings. The van der Waals surface area contributed by atoms with E-state index in [2.05, 4.69) is 33.6 Å². The SMILES string of the molecule is COc1ccc(C=NNC(=O)C2CC2c2ccccc2)cc1CN1CCOCC1. The molecule has 1 N–H and O–H groups in total. The molecule has 6 nitrogen and oxygen atoms in total. The zero-order valence-corrected chi connectivity index (χ0v) is 16.7. The van der Waals surface area contributed by atoms with E-state index in [1.807, 2.05) is 30.3 Å². The molecular weight excluding hydrogens is 366 g/mol. The van der Waals surface area contributed by atoms with Crippen LogP contribution < -0.4 is 10.2 Å². The molecule has 4 rings (SSSR count). The van der Waals surface area contributed by atoms with Gasteiger partial charge in [0.2, 0.25) is 5.91 Å². The lowest BCUT2D eigenvalue weighted by Crippen LogP contribution is -2.35. The molecule has 0 aromatic heterocycles. The number of amides is 1. The first-order valence-corrected chi connectivity index (χ1v) is 10.1. The van der Waals surface area contributed by atoms with Gasteiger partial charge in [-0.25, -0.2) is 5.43 Å². The summed E-state index contributed by atoms with van der Waals surface area (Å²) in [5.41, 5.74) is 5.96. The fourth-order valence-corrected chi connectivity index (χ4v) is 3.81. The number of ether oxygens (including phenoxy) is 2. The van der Waals surface area contributed by atoms with Crippen LogP contribution in [0.4, 0.5) is 0 Å². The Morgan fingerprint density at radius 3 is 2.79 bits per heavy atom. The number of benzene rings is 2. The topological polar surface area (TPSA) is 63.2 Å². The number of hydrogen-bond donors (Lipinski definition) is 1. The van der Waals surface area contributed by atoms with Crippen molar-refractivity contribution < 1.29 is 14.3 Å². The van der Waals surface area contributed by atoms with E-state index in [1.165, 1.54) is 5.56 Å². The van der Waals surface area contributed by atoms with E-state index >= 15 is 0 Å². The highest BCUT2D eigenvalue weighted by atomic mass is 16.5. The Morgan fingerprint density at radius 2 is 2.03 bits per heavy atom. The summed E-state index contributed by atoms with van der Waals surface area (Å²) < 4.78 is 10.9. The summed E-state index contributed by atoms with van der Waals surface area (Å²) in [4.78, 5) is 14.7. The van der Waals surface area contributed by atoms with E-state index in [9.17, 15) is 4.79 Å². The third kappa shape index (κ3) is 5.02. The molecule has 1 heterocycles. The standard InChI is InChI=1S/C23H27N3O3/c1-28-22-8-7-17(13-19(22)16-26-9-11-29-12-10-26)15-24-25-23(27)21-14-20(21)18-5-3-2-4-6-18/h2-8,13,15,20-21H,9-12,14,16H2,1H3,(H,25,27). The molecule has 2 aromatic carbocycles. The van der Waals surface area contributed by atoms with Crippen LogP contribution in [0.1, 0.15) is 29.0 Å². The van der Waals surface area contributed by atoms with Crippen molar-refractivity contribution in [1.29, 1.82) is 0 Å². The highest BCUT2D eigenvalue weighted by Crippen LogP contribution is 2.47. The zero-order valence-electron chi connectivity index (χ0n) is 16.7. The summed E-state index contributed by atoms with van der Waals surface area (Å²) in [5.74, 6) is 1.17. The minimum absolute atomic E-state index is 0.0160. The third-order valence-electron chi connectivity index (χ3n) is 5.55. The molecule has 29 heavy (non-hydrogen) atoms. The molecule has 2 aliphatic rings. The van der Waals surface area contributed by atoms with Gasteiger partial charge in [-0.1, -0.05) is 30.3 Å². The number of rotatable bonds is 7. The molecule has 1 saturated heterocycles. The first kappa shape index (κ1) is 19.6. The van der Waals surface area contributed by atoms with Crippen molar-refractivity contribution in [2.75, 3.05) is 33.4 Å². The quantitative estimate of drug-likeness (QED) is 0.580. The van der Waals surface area contributed by atoms with E-state index < -0.39 is 0 Å². The molecule has 0 spiro atoms. The van der Waals surface area contributed by atoms with Crippen LogP contribution in [0.3, 0.4) is 0 Å². The van der Waals surface area contributed by atoms with Gasteiger partial charge >= 0.3 is 0 Å². The largest absolute Gasteiger partial charge is 0.496 e. The van der Waals surface area contributed by atoms with E-state index in [4.69, 9.17) is 9.47 Å². The summed E-state index contributed by atoms with van der Waals surface area (Å²) in [6.45, 7) is 4.17. The van der Waals surface area contributed by atoms with Crippen LogP contribution >= 0.6 is 0 Å². The molecule has 0 bridgehead atoms. The molecule has 1 saturated carbocycles. The van der Waals surface area contributed by atoms with Crippen molar-refractivity contribution in [1.82, 2.24) is 10.3 Å². The Morgan fingerprint density at radius 1 is 1.24 bits per heavy atom. The van der Waals surface area contributed by atoms with Gasteiger partial charge in [0.15, 0.2) is 0 Å². The third-order valence-corrected chi connectivity index (χ3v) is 5.55. The number of nitrogens with one attached hydrogen (secondary N) is 1. The van der Waals surface area contributed by atoms with Gasteiger partial charge in [0, 0.05) is 31.1 Å². The number of hydrogen-bond acceptors (Lipinski definition) is 5. The normalized spacial score (nSPS) is 21.8. The van der Waals surface area contributed by atoms with Crippen LogP contribution in [0.2, 0.25) is 0 Å². The highest BCUT2D eigenvalue weighted by Gasteiger charge is 2.43. The Labute approximate surface area is 171 Å². The fraction of sp³-hybridized carbons (Fsp3) is 0.391. The smallest absolute Gasteiger partial charge is 0.243 e. The van der Waals surface area contributed by atoms with Gasteiger partial charge in [0.25, 0.3) is 0 Å². The van der Waals surface area contributed by atoms with Crippen molar-refractivity contribution >= 4 is 12.1 Å². The number of methoxy groups -OCH3 is 1. The highest BCUT2D eigenvalue weighted by molar-refractivity contribution is 5.85. The minimum atomic E-state index is -0.0165. The van der Waals surface area contributed by atoms with Crippen molar-refractivity contribution in [2.24, 2.45) is 11.0 Å². The number of carbonyl (C=O) groups excluding carboxylic acids is 1. The van der Waals surface area contributed by atoms with E-state index in [0.29, 0.717) is 5.92 Å². The van der Waals surface area contributed by atoms with Crippen molar-refractivity contribution in [3.63, 3.8) is 0 Å². The lowest BCUT2D eigenvalue weighted by atomic mass is 10.1. The maximum atomic E-state index is 12.3. The first-order valence-electron chi connectivity index (χ1n) is 10.1. The van der Waals surface area contributed by atoms with Crippen LogP contribution in [0, 0.1) is 5.92 Å². The summed E-state index contributed by atoms with van der Waals surface area (Å²) in [6.07, 6.45) is 2.58. The number of morpholine rings is 1. The molecule has 1 amide bonds. The van der Waals surface area contributed by atoms with Crippen LogP contribution in [0.25, 0.3) is 0 Å². The van der Waals surface area contributed by atoms with Crippen LogP contribution in [-0.2, 0) is 16.1 Å². The van der Waals surface area contributed by atoms with Gasteiger partial charge in [-0.05, 0) is 41.7 Å². The monoisotopic (exact) mass is 393 g/mol. The average Bonchev–Trinajstić information content (AvgIpc) is 3.56. The second-order valence-electron chi connectivity index (χ2n) is 7.55. The minimum Gasteiger partial charge on any atom is -0.496 e. The Balaban J connectivity index is 1.34. The van der Waals surface area contributed by atoms with Crippen molar-refractivity contribution in [3.8, 4) is 5.75 Å². The van der Waals surface area contributed by atoms with Gasteiger partial charge in [-0.3, -0.25) is 9.69 Å². The molecule has 2 atom stereocenters. The number of nitrogens with zero attached hydrogens (tertiary/aromatic N) is 2. The Hall–Kier alpha value is -2.70. The van der Waals surface area contributed by atoms with Crippen LogP contribution in [0.15, 0.2) is 53.6 Å². The molecule has 1 aliphatic heterocycles. The van der Waals surface area contributed by atoms with Gasteiger partial charge in [-0.2, -0.15) is 5.10 Å². The molecule has 2 fully saturated rings. The van der Waals surface area contributed by atoms with Crippen molar-refractivity contribution in [3.05, 3.63) is 65.2 Å². The summed E-state index contributed by atoms with van der Waals surface area (Å²) >= 11 is 0. The van der Waals surface area contributed by atoms with Crippen LogP contribution in [-0.4, -0.2) is 50.4 Å². The molecule has 2 unspecified atom stereocenters. The number of carbonyl (C=O) groups is 1. The predicted molar refractivity (Wildman–Crippen MR) is 112 cm³/mol. The maximum absolute atomic E-state index is 12.3. The Kier molecular flexibility index (Phi) is 6.22. The molecule has 6 heteroatoms. The van der Waals surface area contributed by atoms with Gasteiger partial charge in [0.1, 0.15) is 5.75 Å². The molecule has 1 aliphatic carbocycles. The Bertz CT molecular complexity index is 863.